The van der Waals surface area contributed by atoms with Crippen LogP contribution in [-0.2, 0) is 0 Å². The van der Waals surface area contributed by atoms with Crippen LogP contribution in [-0.4, -0.2) is 42.0 Å². The highest BCUT2D eigenvalue weighted by Gasteiger charge is 2.23. The number of anilines is 2. The summed E-state index contributed by atoms with van der Waals surface area (Å²) in [6.07, 6.45) is 1.53. The molecule has 1 aliphatic rings. The second-order valence-corrected chi connectivity index (χ2v) is 5.98. The average molecular weight is 310 g/mol. The van der Waals surface area contributed by atoms with Crippen LogP contribution < -0.4 is 10.6 Å². The van der Waals surface area contributed by atoms with Gasteiger partial charge in [0.2, 0.25) is 0 Å². The van der Waals surface area contributed by atoms with Gasteiger partial charge in [-0.3, -0.25) is 4.79 Å². The Hall–Kier alpha value is -2.56. The average Bonchev–Trinajstić information content (AvgIpc) is 2.58. The van der Waals surface area contributed by atoms with Crippen molar-refractivity contribution in [3.05, 3.63) is 53.3 Å². The zero-order valence-corrected chi connectivity index (χ0v) is 13.6. The number of amides is 1. The van der Waals surface area contributed by atoms with Crippen molar-refractivity contribution in [2.45, 2.75) is 13.8 Å². The topological polar surface area (TPSA) is 62.5 Å². The number of benzene rings is 1. The van der Waals surface area contributed by atoms with Crippen LogP contribution in [0.2, 0.25) is 0 Å². The Morgan fingerprint density at radius 2 is 1.83 bits per heavy atom. The third-order valence-corrected chi connectivity index (χ3v) is 4.49. The fourth-order valence-corrected chi connectivity index (χ4v) is 2.92. The number of carbonyl (C=O) groups is 1. The van der Waals surface area contributed by atoms with E-state index >= 15 is 0 Å². The maximum Gasteiger partial charge on any atom is 0.272 e. The Morgan fingerprint density at radius 3 is 2.48 bits per heavy atom. The van der Waals surface area contributed by atoms with Crippen LogP contribution in [0.4, 0.5) is 11.4 Å². The predicted octanol–water partition coefficient (Wildman–Crippen LogP) is 2.24. The van der Waals surface area contributed by atoms with Gasteiger partial charge in [-0.2, -0.15) is 0 Å². The summed E-state index contributed by atoms with van der Waals surface area (Å²) in [4.78, 5) is 20.8. The highest BCUT2D eigenvalue weighted by molar-refractivity contribution is 5.92. The molecule has 0 saturated carbocycles. The first kappa shape index (κ1) is 15.3. The Labute approximate surface area is 136 Å². The van der Waals surface area contributed by atoms with E-state index in [2.05, 4.69) is 41.9 Å². The maximum absolute atomic E-state index is 12.5. The van der Waals surface area contributed by atoms with Gasteiger partial charge in [0.1, 0.15) is 5.69 Å². The standard InChI is InChI=1S/C18H22N4O/c1-13-4-3-5-17(14(13)2)21-8-10-22(11-9-21)18(23)16-7-6-15(19)12-20-16/h3-7,12H,8-11,19H2,1-2H3. The highest BCUT2D eigenvalue weighted by atomic mass is 16.2. The van der Waals surface area contributed by atoms with Crippen molar-refractivity contribution in [3.8, 4) is 0 Å². The lowest BCUT2D eigenvalue weighted by molar-refractivity contribution is 0.0741. The van der Waals surface area contributed by atoms with Gasteiger partial charge >= 0.3 is 0 Å². The molecule has 0 radical (unpaired) electrons. The lowest BCUT2D eigenvalue weighted by Crippen LogP contribution is -2.49. The van der Waals surface area contributed by atoms with E-state index in [0.717, 1.165) is 13.1 Å². The summed E-state index contributed by atoms with van der Waals surface area (Å²) in [6, 6.07) is 9.78. The number of carbonyl (C=O) groups excluding carboxylic acids is 1. The van der Waals surface area contributed by atoms with Crippen LogP contribution in [0, 0.1) is 13.8 Å². The Balaban J connectivity index is 1.67. The van der Waals surface area contributed by atoms with Gasteiger partial charge in [0.15, 0.2) is 0 Å². The molecule has 1 fully saturated rings. The van der Waals surface area contributed by atoms with Gasteiger partial charge in [-0.1, -0.05) is 12.1 Å². The zero-order chi connectivity index (χ0) is 16.4. The van der Waals surface area contributed by atoms with E-state index in [4.69, 9.17) is 5.73 Å². The molecule has 2 N–H and O–H groups in total. The molecule has 1 saturated heterocycles. The number of rotatable bonds is 2. The molecule has 2 aromatic rings. The SMILES string of the molecule is Cc1cccc(N2CCN(C(=O)c3ccc(N)cn3)CC2)c1C. The molecule has 0 unspecified atom stereocenters. The van der Waals surface area contributed by atoms with Crippen LogP contribution >= 0.6 is 0 Å². The fraction of sp³-hybridized carbons (Fsp3) is 0.333. The van der Waals surface area contributed by atoms with Crippen molar-refractivity contribution in [3.63, 3.8) is 0 Å². The minimum absolute atomic E-state index is 0.0226. The van der Waals surface area contributed by atoms with Gasteiger partial charge in [-0.15, -0.1) is 0 Å². The zero-order valence-electron chi connectivity index (χ0n) is 13.6. The van der Waals surface area contributed by atoms with Crippen molar-refractivity contribution in [1.82, 2.24) is 9.88 Å². The largest absolute Gasteiger partial charge is 0.397 e. The lowest BCUT2D eigenvalue weighted by atomic mass is 10.1. The number of nitrogens with two attached hydrogens (primary N) is 1. The Morgan fingerprint density at radius 1 is 1.09 bits per heavy atom. The number of piperazine rings is 1. The van der Waals surface area contributed by atoms with E-state index in [1.807, 2.05) is 4.90 Å². The summed E-state index contributed by atoms with van der Waals surface area (Å²) in [6.45, 7) is 7.37. The van der Waals surface area contributed by atoms with Crippen molar-refractivity contribution in [2.24, 2.45) is 0 Å². The number of aryl methyl sites for hydroxylation is 1. The van der Waals surface area contributed by atoms with E-state index in [9.17, 15) is 4.79 Å². The van der Waals surface area contributed by atoms with Crippen molar-refractivity contribution in [1.29, 1.82) is 0 Å². The molecule has 5 nitrogen and oxygen atoms in total. The van der Waals surface area contributed by atoms with Crippen LogP contribution in [0.3, 0.4) is 0 Å². The molecule has 3 rings (SSSR count). The Kier molecular flexibility index (Phi) is 4.19. The lowest BCUT2D eigenvalue weighted by Gasteiger charge is -2.37. The van der Waals surface area contributed by atoms with Crippen molar-refractivity contribution in [2.75, 3.05) is 36.8 Å². The molecular weight excluding hydrogens is 288 g/mol. The van der Waals surface area contributed by atoms with E-state index in [1.165, 1.54) is 23.0 Å². The summed E-state index contributed by atoms with van der Waals surface area (Å²) in [5.74, 6) is -0.0226. The van der Waals surface area contributed by atoms with Gasteiger partial charge in [0, 0.05) is 31.9 Å². The molecule has 0 aliphatic carbocycles. The molecule has 1 amide bonds. The molecular formula is C18H22N4O. The second-order valence-electron chi connectivity index (χ2n) is 5.98. The number of aromatic nitrogens is 1. The number of hydrogen-bond donors (Lipinski definition) is 1. The number of nitrogen functional groups attached to an aromatic ring is 1. The Bertz CT molecular complexity index is 703. The first-order valence-electron chi connectivity index (χ1n) is 7.88. The van der Waals surface area contributed by atoms with Gasteiger partial charge in [0.05, 0.1) is 11.9 Å². The normalized spacial score (nSPS) is 14.9. The summed E-state index contributed by atoms with van der Waals surface area (Å²) >= 11 is 0. The number of pyridine rings is 1. The first-order chi connectivity index (χ1) is 11.1. The minimum Gasteiger partial charge on any atom is -0.397 e. The summed E-state index contributed by atoms with van der Waals surface area (Å²) in [7, 11) is 0. The van der Waals surface area contributed by atoms with Crippen LogP contribution in [0.15, 0.2) is 36.5 Å². The third kappa shape index (κ3) is 3.13. The molecule has 120 valence electrons. The predicted molar refractivity (Wildman–Crippen MR) is 92.7 cm³/mol. The van der Waals surface area contributed by atoms with Gasteiger partial charge in [-0.05, 0) is 43.2 Å². The molecule has 1 aromatic carbocycles. The van der Waals surface area contributed by atoms with Gasteiger partial charge < -0.3 is 15.5 Å². The van der Waals surface area contributed by atoms with E-state index in [-0.39, 0.29) is 5.91 Å². The molecule has 2 heterocycles. The van der Waals surface area contributed by atoms with Crippen molar-refractivity contribution >= 4 is 17.3 Å². The monoisotopic (exact) mass is 310 g/mol. The first-order valence-corrected chi connectivity index (χ1v) is 7.88. The number of nitrogens with zero attached hydrogens (tertiary/aromatic N) is 3. The van der Waals surface area contributed by atoms with Crippen LogP contribution in [0.25, 0.3) is 0 Å². The summed E-state index contributed by atoms with van der Waals surface area (Å²) in [5, 5.41) is 0. The molecule has 5 heteroatoms. The van der Waals surface area contributed by atoms with Crippen LogP contribution in [0.5, 0.6) is 0 Å². The van der Waals surface area contributed by atoms with E-state index in [1.54, 1.807) is 12.1 Å². The van der Waals surface area contributed by atoms with Gasteiger partial charge in [-0.25, -0.2) is 4.98 Å². The maximum atomic E-state index is 12.5. The molecule has 0 atom stereocenters. The molecule has 0 bridgehead atoms. The quantitative estimate of drug-likeness (QED) is 0.924. The second kappa shape index (κ2) is 6.28. The fourth-order valence-electron chi connectivity index (χ4n) is 2.92. The minimum atomic E-state index is -0.0226. The van der Waals surface area contributed by atoms with E-state index in [0.29, 0.717) is 24.5 Å². The summed E-state index contributed by atoms with van der Waals surface area (Å²) in [5.41, 5.74) is 10.5. The number of hydrogen-bond acceptors (Lipinski definition) is 4. The third-order valence-electron chi connectivity index (χ3n) is 4.49. The highest BCUT2D eigenvalue weighted by Crippen LogP contribution is 2.24. The van der Waals surface area contributed by atoms with Crippen molar-refractivity contribution < 1.29 is 4.79 Å². The molecule has 23 heavy (non-hydrogen) atoms. The van der Waals surface area contributed by atoms with E-state index < -0.39 is 0 Å². The molecule has 0 spiro atoms. The van der Waals surface area contributed by atoms with Crippen LogP contribution in [0.1, 0.15) is 21.6 Å². The smallest absolute Gasteiger partial charge is 0.272 e. The molecule has 1 aromatic heterocycles. The molecule has 1 aliphatic heterocycles. The summed E-state index contributed by atoms with van der Waals surface area (Å²) < 4.78 is 0. The van der Waals surface area contributed by atoms with Gasteiger partial charge in [0.25, 0.3) is 5.91 Å².